The molecule has 0 fully saturated rings. The van der Waals surface area contributed by atoms with Gasteiger partial charge >= 0.3 is 0 Å². The molecular formula is C16H24N4O. The molecule has 5 nitrogen and oxygen atoms in total. The molecule has 1 atom stereocenters. The molecule has 0 saturated carbocycles. The molecule has 0 spiro atoms. The molecule has 0 bridgehead atoms. The average Bonchev–Trinajstić information content (AvgIpc) is 2.82. The van der Waals surface area contributed by atoms with E-state index in [2.05, 4.69) is 36.1 Å². The fraction of sp³-hybridized carbons (Fsp3) is 0.500. The maximum atomic E-state index is 12.0. The number of nitrogens with two attached hydrogens (primary N) is 1. The number of hydrogen-bond donors (Lipinski definition) is 3. The van der Waals surface area contributed by atoms with Crippen LogP contribution in [-0.2, 0) is 10.2 Å². The van der Waals surface area contributed by atoms with E-state index in [4.69, 9.17) is 5.73 Å². The maximum absolute atomic E-state index is 12.0. The molecule has 1 heterocycles. The first-order valence-corrected chi connectivity index (χ1v) is 7.32. The topological polar surface area (TPSA) is 83.8 Å². The third-order valence-corrected chi connectivity index (χ3v) is 3.51. The summed E-state index contributed by atoms with van der Waals surface area (Å²) in [7, 11) is 0. The van der Waals surface area contributed by atoms with Gasteiger partial charge in [0.25, 0.3) is 0 Å². The van der Waals surface area contributed by atoms with Crippen LogP contribution in [0.1, 0.15) is 39.9 Å². The second-order valence-corrected chi connectivity index (χ2v) is 6.53. The van der Waals surface area contributed by atoms with Gasteiger partial charge in [-0.3, -0.25) is 4.79 Å². The van der Waals surface area contributed by atoms with Crippen molar-refractivity contribution >= 4 is 22.6 Å². The highest BCUT2D eigenvalue weighted by molar-refractivity contribution is 5.94. The Kier molecular flexibility index (Phi) is 4.32. The number of carbonyl (C=O) groups is 1. The number of aromatic nitrogens is 2. The summed E-state index contributed by atoms with van der Waals surface area (Å²) in [4.78, 5) is 19.9. The molecule has 1 amide bonds. The number of H-pyrrole nitrogens is 1. The molecule has 21 heavy (non-hydrogen) atoms. The second kappa shape index (κ2) is 5.85. The predicted octanol–water partition coefficient (Wildman–Crippen LogP) is 2.78. The Hall–Kier alpha value is -1.88. The number of benzene rings is 1. The number of aromatic amines is 1. The van der Waals surface area contributed by atoms with Crippen molar-refractivity contribution in [1.82, 2.24) is 9.97 Å². The highest BCUT2D eigenvalue weighted by Crippen LogP contribution is 2.24. The van der Waals surface area contributed by atoms with E-state index >= 15 is 0 Å². The van der Waals surface area contributed by atoms with E-state index in [9.17, 15) is 4.79 Å². The Morgan fingerprint density at radius 3 is 2.76 bits per heavy atom. The lowest BCUT2D eigenvalue weighted by Crippen LogP contribution is -2.22. The van der Waals surface area contributed by atoms with E-state index in [1.165, 1.54) is 0 Å². The van der Waals surface area contributed by atoms with Crippen LogP contribution < -0.4 is 11.1 Å². The van der Waals surface area contributed by atoms with Gasteiger partial charge in [-0.1, -0.05) is 27.7 Å². The summed E-state index contributed by atoms with van der Waals surface area (Å²) in [5.74, 6) is 0.852. The lowest BCUT2D eigenvalue weighted by Gasteiger charge is -2.13. The number of hydrogen-bond acceptors (Lipinski definition) is 3. The molecule has 114 valence electrons. The zero-order valence-corrected chi connectivity index (χ0v) is 13.2. The summed E-state index contributed by atoms with van der Waals surface area (Å²) in [5, 5.41) is 2.92. The van der Waals surface area contributed by atoms with Crippen molar-refractivity contribution < 1.29 is 4.79 Å². The largest absolute Gasteiger partial charge is 0.341 e. The van der Waals surface area contributed by atoms with Crippen LogP contribution in [0, 0.1) is 5.92 Å². The van der Waals surface area contributed by atoms with Gasteiger partial charge in [0.1, 0.15) is 5.82 Å². The quantitative estimate of drug-likeness (QED) is 0.809. The molecule has 2 aromatic rings. The van der Waals surface area contributed by atoms with Gasteiger partial charge in [0.2, 0.25) is 5.91 Å². The number of rotatable bonds is 4. The smallest absolute Gasteiger partial charge is 0.227 e. The number of amides is 1. The minimum absolute atomic E-state index is 0.00430. The van der Waals surface area contributed by atoms with E-state index in [0.717, 1.165) is 22.5 Å². The Morgan fingerprint density at radius 2 is 2.14 bits per heavy atom. The number of anilines is 1. The van der Waals surface area contributed by atoms with E-state index in [0.29, 0.717) is 13.0 Å². The van der Waals surface area contributed by atoms with Crippen LogP contribution in [0.2, 0.25) is 0 Å². The number of fused-ring (bicyclic) bond motifs is 1. The highest BCUT2D eigenvalue weighted by Gasteiger charge is 2.18. The van der Waals surface area contributed by atoms with Gasteiger partial charge in [-0.2, -0.15) is 0 Å². The van der Waals surface area contributed by atoms with E-state index in [1.54, 1.807) is 0 Å². The van der Waals surface area contributed by atoms with E-state index in [1.807, 2.05) is 25.1 Å². The first-order chi connectivity index (χ1) is 9.81. The van der Waals surface area contributed by atoms with E-state index in [-0.39, 0.29) is 17.2 Å². The van der Waals surface area contributed by atoms with Crippen LogP contribution in [0.5, 0.6) is 0 Å². The minimum Gasteiger partial charge on any atom is -0.341 e. The van der Waals surface area contributed by atoms with Crippen LogP contribution in [0.15, 0.2) is 18.2 Å². The van der Waals surface area contributed by atoms with Gasteiger partial charge in [-0.15, -0.1) is 0 Å². The molecule has 0 radical (unpaired) electrons. The normalized spacial score (nSPS) is 13.4. The van der Waals surface area contributed by atoms with Gasteiger partial charge in [-0.05, 0) is 31.2 Å². The van der Waals surface area contributed by atoms with Crippen LogP contribution in [0.3, 0.4) is 0 Å². The first kappa shape index (κ1) is 15.5. The highest BCUT2D eigenvalue weighted by atomic mass is 16.1. The van der Waals surface area contributed by atoms with Crippen molar-refractivity contribution in [2.24, 2.45) is 11.7 Å². The monoisotopic (exact) mass is 288 g/mol. The predicted molar refractivity (Wildman–Crippen MR) is 86.3 cm³/mol. The average molecular weight is 288 g/mol. The molecule has 1 aromatic carbocycles. The molecule has 4 N–H and O–H groups in total. The first-order valence-electron chi connectivity index (χ1n) is 7.32. The molecule has 5 heteroatoms. The van der Waals surface area contributed by atoms with Crippen molar-refractivity contribution in [2.75, 3.05) is 11.9 Å². The van der Waals surface area contributed by atoms with Crippen LogP contribution in [0.4, 0.5) is 5.69 Å². The minimum atomic E-state index is -0.0856. The lowest BCUT2D eigenvalue weighted by molar-refractivity contribution is -0.119. The molecule has 0 aliphatic rings. The van der Waals surface area contributed by atoms with Crippen molar-refractivity contribution in [1.29, 1.82) is 0 Å². The van der Waals surface area contributed by atoms with Gasteiger partial charge < -0.3 is 16.0 Å². The third kappa shape index (κ3) is 3.61. The summed E-state index contributed by atoms with van der Waals surface area (Å²) < 4.78 is 0. The van der Waals surface area contributed by atoms with Gasteiger partial charge in [-0.25, -0.2) is 4.98 Å². The molecule has 0 aliphatic heterocycles. The number of nitrogens with one attached hydrogen (secondary N) is 2. The van der Waals surface area contributed by atoms with Crippen molar-refractivity contribution in [3.05, 3.63) is 24.0 Å². The zero-order valence-electron chi connectivity index (χ0n) is 13.2. The zero-order chi connectivity index (χ0) is 15.6. The summed E-state index contributed by atoms with van der Waals surface area (Å²) in [5.41, 5.74) is 8.08. The Labute approximate surface area is 125 Å². The van der Waals surface area contributed by atoms with Gasteiger partial charge in [0.15, 0.2) is 0 Å². The molecular weight excluding hydrogens is 264 g/mol. The van der Waals surface area contributed by atoms with Gasteiger partial charge in [0, 0.05) is 17.0 Å². The Bertz CT molecular complexity index is 639. The molecule has 1 aromatic heterocycles. The summed E-state index contributed by atoms with van der Waals surface area (Å²) >= 11 is 0. The SMILES string of the molecule is CC(CCN)C(=O)Nc1ccc2nc(C(C)(C)C)[nH]c2c1. The number of imidazole rings is 1. The van der Waals surface area contributed by atoms with Crippen molar-refractivity contribution in [3.8, 4) is 0 Å². The Balaban J connectivity index is 2.21. The van der Waals surface area contributed by atoms with Crippen LogP contribution in [0.25, 0.3) is 11.0 Å². The molecule has 0 saturated heterocycles. The van der Waals surface area contributed by atoms with Crippen molar-refractivity contribution in [2.45, 2.75) is 39.5 Å². The fourth-order valence-corrected chi connectivity index (χ4v) is 2.09. The molecule has 1 unspecified atom stereocenters. The van der Waals surface area contributed by atoms with Crippen molar-refractivity contribution in [3.63, 3.8) is 0 Å². The van der Waals surface area contributed by atoms with Crippen LogP contribution in [-0.4, -0.2) is 22.4 Å². The lowest BCUT2D eigenvalue weighted by atomic mass is 9.96. The number of carbonyl (C=O) groups excluding carboxylic acids is 1. The van der Waals surface area contributed by atoms with E-state index < -0.39 is 0 Å². The molecule has 0 aliphatic carbocycles. The maximum Gasteiger partial charge on any atom is 0.227 e. The summed E-state index contributed by atoms with van der Waals surface area (Å²) in [6, 6.07) is 5.72. The third-order valence-electron chi connectivity index (χ3n) is 3.51. The Morgan fingerprint density at radius 1 is 1.43 bits per heavy atom. The fourth-order valence-electron chi connectivity index (χ4n) is 2.09. The molecule has 2 rings (SSSR count). The van der Waals surface area contributed by atoms with Crippen LogP contribution >= 0.6 is 0 Å². The van der Waals surface area contributed by atoms with Gasteiger partial charge in [0.05, 0.1) is 11.0 Å². The number of nitrogens with zero attached hydrogens (tertiary/aromatic N) is 1. The summed E-state index contributed by atoms with van der Waals surface area (Å²) in [6.07, 6.45) is 0.687. The second-order valence-electron chi connectivity index (χ2n) is 6.53. The summed E-state index contributed by atoms with van der Waals surface area (Å²) in [6.45, 7) is 8.74. The standard InChI is InChI=1S/C16H24N4O/c1-10(7-8-17)14(21)18-11-5-6-12-13(9-11)20-15(19-12)16(2,3)4/h5-6,9-10H,7-8,17H2,1-4H3,(H,18,21)(H,19,20).